The van der Waals surface area contributed by atoms with Crippen LogP contribution >= 0.6 is 0 Å². The molecule has 2 aromatic rings. The van der Waals surface area contributed by atoms with Crippen LogP contribution in [0.25, 0.3) is 0 Å². The maximum atomic E-state index is 13.4. The van der Waals surface area contributed by atoms with E-state index >= 15 is 0 Å². The summed E-state index contributed by atoms with van der Waals surface area (Å²) in [5, 5.41) is 3.08. The molecule has 0 radical (unpaired) electrons. The van der Waals surface area contributed by atoms with E-state index in [9.17, 15) is 9.59 Å². The van der Waals surface area contributed by atoms with Gasteiger partial charge in [0.1, 0.15) is 23.9 Å². The van der Waals surface area contributed by atoms with E-state index in [-0.39, 0.29) is 11.8 Å². The molecule has 0 aromatic heterocycles. The number of ether oxygens (including phenoxy) is 1. The molecule has 188 valence electrons. The minimum Gasteiger partial charge on any atom is -0.489 e. The molecule has 2 heterocycles. The largest absolute Gasteiger partial charge is 0.489 e. The molecule has 0 bridgehead atoms. The second-order valence-electron chi connectivity index (χ2n) is 10.3. The smallest absolute Gasteiger partial charge is 0.246 e. The number of rotatable bonds is 9. The number of piperazine rings is 1. The zero-order chi connectivity index (χ0) is 24.8. The Bertz CT molecular complexity index is 999. The van der Waals surface area contributed by atoms with Crippen molar-refractivity contribution in [2.45, 2.75) is 71.2 Å². The van der Waals surface area contributed by atoms with Crippen LogP contribution in [0.4, 0.5) is 0 Å². The van der Waals surface area contributed by atoms with E-state index in [4.69, 9.17) is 4.74 Å². The molecule has 2 aliphatic rings. The second-order valence-corrected chi connectivity index (χ2v) is 10.3. The average Bonchev–Trinajstić information content (AvgIpc) is 2.86. The van der Waals surface area contributed by atoms with Crippen LogP contribution in [0.1, 0.15) is 57.6 Å². The molecule has 1 atom stereocenters. The number of hydrogen-bond acceptors (Lipinski definition) is 4. The number of carbonyl (C=O) groups is 2. The Kier molecular flexibility index (Phi) is 8.11. The fraction of sp³-hybridized carbons (Fsp3) is 0.517. The molecule has 0 saturated carbocycles. The lowest BCUT2D eigenvalue weighted by molar-refractivity contribution is -0.161. The summed E-state index contributed by atoms with van der Waals surface area (Å²) < 4.78 is 6.15. The number of nitrogens with one attached hydrogen (secondary N) is 1. The number of piperidine rings is 1. The summed E-state index contributed by atoms with van der Waals surface area (Å²) in [5.41, 5.74) is 1.56. The van der Waals surface area contributed by atoms with Crippen LogP contribution in [0.2, 0.25) is 0 Å². The standard InChI is InChI=1S/C29H39N3O3/c1-4-16-32-27(33)25(19-22(2)3)30-28(34)29(32)14-17-31(18-15-29)20-24-12-8-9-13-26(24)35-21-23-10-6-5-7-11-23/h5-13,22,25H,4,14-21H2,1-3H3,(H,30,34). The Morgan fingerprint density at radius 1 is 1.03 bits per heavy atom. The van der Waals surface area contributed by atoms with Crippen LogP contribution in [-0.2, 0) is 22.7 Å². The van der Waals surface area contributed by atoms with Gasteiger partial charge in [-0.1, -0.05) is 69.3 Å². The normalized spacial score (nSPS) is 20.3. The molecule has 0 aliphatic carbocycles. The first-order chi connectivity index (χ1) is 16.9. The molecule has 1 spiro atoms. The van der Waals surface area contributed by atoms with E-state index < -0.39 is 11.6 Å². The van der Waals surface area contributed by atoms with Gasteiger partial charge in [-0.3, -0.25) is 14.5 Å². The third-order valence-electron chi connectivity index (χ3n) is 7.25. The lowest BCUT2D eigenvalue weighted by atomic mass is 9.80. The molecule has 2 aliphatic heterocycles. The summed E-state index contributed by atoms with van der Waals surface area (Å²) in [4.78, 5) is 31.0. The SMILES string of the molecule is CCCN1C(=O)C(CC(C)C)NC(=O)C12CCN(Cc1ccccc1OCc1ccccc1)CC2. The van der Waals surface area contributed by atoms with Crippen LogP contribution in [0.15, 0.2) is 54.6 Å². The van der Waals surface area contributed by atoms with Crippen molar-refractivity contribution in [3.63, 3.8) is 0 Å². The van der Waals surface area contributed by atoms with E-state index in [2.05, 4.69) is 49.2 Å². The van der Waals surface area contributed by atoms with Crippen molar-refractivity contribution >= 4 is 11.8 Å². The summed E-state index contributed by atoms with van der Waals surface area (Å²) in [6, 6.07) is 18.0. The van der Waals surface area contributed by atoms with Crippen LogP contribution in [-0.4, -0.2) is 52.8 Å². The molecular formula is C29H39N3O3. The fourth-order valence-corrected chi connectivity index (χ4v) is 5.38. The summed E-state index contributed by atoms with van der Waals surface area (Å²) in [6.07, 6.45) is 2.86. The lowest BCUT2D eigenvalue weighted by Crippen LogP contribution is -2.73. The summed E-state index contributed by atoms with van der Waals surface area (Å²) in [5.74, 6) is 1.37. The van der Waals surface area contributed by atoms with Crippen LogP contribution < -0.4 is 10.1 Å². The lowest BCUT2D eigenvalue weighted by Gasteiger charge is -2.52. The monoisotopic (exact) mass is 477 g/mol. The number of nitrogens with zero attached hydrogens (tertiary/aromatic N) is 2. The second kappa shape index (κ2) is 11.3. The Morgan fingerprint density at radius 2 is 1.71 bits per heavy atom. The number of carbonyl (C=O) groups excluding carboxylic acids is 2. The highest BCUT2D eigenvalue weighted by Gasteiger charge is 2.53. The number of para-hydroxylation sites is 1. The van der Waals surface area contributed by atoms with Gasteiger partial charge in [0.15, 0.2) is 0 Å². The first kappa shape index (κ1) is 25.2. The fourth-order valence-electron chi connectivity index (χ4n) is 5.38. The molecule has 6 heteroatoms. The third kappa shape index (κ3) is 5.69. The van der Waals surface area contributed by atoms with Gasteiger partial charge in [0, 0.05) is 31.7 Å². The predicted octanol–water partition coefficient (Wildman–Crippen LogP) is 4.38. The van der Waals surface area contributed by atoms with E-state index in [0.29, 0.717) is 38.3 Å². The highest BCUT2D eigenvalue weighted by Crippen LogP contribution is 2.35. The topological polar surface area (TPSA) is 61.9 Å². The summed E-state index contributed by atoms with van der Waals surface area (Å²) in [6.45, 7) is 9.73. The van der Waals surface area contributed by atoms with Gasteiger partial charge in [-0.2, -0.15) is 0 Å². The first-order valence-corrected chi connectivity index (χ1v) is 13.0. The van der Waals surface area contributed by atoms with Gasteiger partial charge in [0.25, 0.3) is 0 Å². The van der Waals surface area contributed by atoms with Gasteiger partial charge in [0.2, 0.25) is 11.8 Å². The number of amides is 2. The zero-order valence-electron chi connectivity index (χ0n) is 21.3. The Morgan fingerprint density at radius 3 is 2.40 bits per heavy atom. The summed E-state index contributed by atoms with van der Waals surface area (Å²) in [7, 11) is 0. The zero-order valence-corrected chi connectivity index (χ0v) is 21.3. The molecule has 2 amide bonds. The highest BCUT2D eigenvalue weighted by molar-refractivity contribution is 6.00. The Hall–Kier alpha value is -2.86. The van der Waals surface area contributed by atoms with Gasteiger partial charge in [-0.05, 0) is 43.2 Å². The minimum atomic E-state index is -0.722. The molecule has 2 saturated heterocycles. The quantitative estimate of drug-likeness (QED) is 0.582. The molecule has 6 nitrogen and oxygen atoms in total. The van der Waals surface area contributed by atoms with Crippen molar-refractivity contribution in [1.29, 1.82) is 0 Å². The molecule has 2 aromatic carbocycles. The van der Waals surface area contributed by atoms with Crippen molar-refractivity contribution in [3.8, 4) is 5.75 Å². The van der Waals surface area contributed by atoms with Crippen molar-refractivity contribution in [3.05, 3.63) is 65.7 Å². The van der Waals surface area contributed by atoms with Crippen LogP contribution in [0, 0.1) is 5.92 Å². The molecule has 4 rings (SSSR count). The van der Waals surface area contributed by atoms with Crippen molar-refractivity contribution in [2.24, 2.45) is 5.92 Å². The van der Waals surface area contributed by atoms with Gasteiger partial charge in [-0.25, -0.2) is 0 Å². The van der Waals surface area contributed by atoms with Crippen LogP contribution in [0.5, 0.6) is 5.75 Å². The van der Waals surface area contributed by atoms with Gasteiger partial charge < -0.3 is 15.0 Å². The highest BCUT2D eigenvalue weighted by atomic mass is 16.5. The van der Waals surface area contributed by atoms with E-state index in [1.54, 1.807) is 0 Å². The van der Waals surface area contributed by atoms with E-state index in [1.165, 1.54) is 0 Å². The van der Waals surface area contributed by atoms with Gasteiger partial charge in [-0.15, -0.1) is 0 Å². The Labute approximate surface area is 209 Å². The molecule has 2 fully saturated rings. The maximum Gasteiger partial charge on any atom is 0.246 e. The van der Waals surface area contributed by atoms with Crippen molar-refractivity contribution < 1.29 is 14.3 Å². The molecule has 35 heavy (non-hydrogen) atoms. The molecule has 1 unspecified atom stereocenters. The maximum absolute atomic E-state index is 13.4. The van der Waals surface area contributed by atoms with Crippen LogP contribution in [0.3, 0.4) is 0 Å². The number of benzene rings is 2. The van der Waals surface area contributed by atoms with Gasteiger partial charge >= 0.3 is 0 Å². The number of hydrogen-bond donors (Lipinski definition) is 1. The molecular weight excluding hydrogens is 438 g/mol. The minimum absolute atomic E-state index is 0.0300. The van der Waals surface area contributed by atoms with E-state index in [1.807, 2.05) is 41.3 Å². The average molecular weight is 478 g/mol. The number of likely N-dealkylation sites (tertiary alicyclic amines) is 1. The molecule has 1 N–H and O–H groups in total. The van der Waals surface area contributed by atoms with E-state index in [0.717, 1.165) is 42.9 Å². The summed E-state index contributed by atoms with van der Waals surface area (Å²) >= 11 is 0. The van der Waals surface area contributed by atoms with Crippen molar-refractivity contribution in [2.75, 3.05) is 19.6 Å². The van der Waals surface area contributed by atoms with Crippen molar-refractivity contribution in [1.82, 2.24) is 15.1 Å². The predicted molar refractivity (Wildman–Crippen MR) is 138 cm³/mol. The third-order valence-corrected chi connectivity index (χ3v) is 7.25. The Balaban J connectivity index is 1.42. The van der Waals surface area contributed by atoms with Gasteiger partial charge in [0.05, 0.1) is 0 Å². The first-order valence-electron chi connectivity index (χ1n) is 13.0.